The summed E-state index contributed by atoms with van der Waals surface area (Å²) in [4.78, 5) is 21.2. The molecule has 0 aliphatic carbocycles. The van der Waals surface area contributed by atoms with E-state index in [0.717, 1.165) is 49.5 Å². The van der Waals surface area contributed by atoms with Gasteiger partial charge in [-0.15, -0.1) is 0 Å². The van der Waals surface area contributed by atoms with E-state index in [0.29, 0.717) is 12.5 Å². The molecule has 2 aromatic rings. The molecule has 0 unspecified atom stereocenters. The quantitative estimate of drug-likeness (QED) is 0.788. The van der Waals surface area contributed by atoms with Gasteiger partial charge >= 0.3 is 0 Å². The molecule has 1 atom stereocenters. The predicted octanol–water partition coefficient (Wildman–Crippen LogP) is 2.95. The highest BCUT2D eigenvalue weighted by atomic mass is 16.5. The van der Waals surface area contributed by atoms with Crippen LogP contribution in [0, 0.1) is 0 Å². The van der Waals surface area contributed by atoms with E-state index >= 15 is 0 Å². The Labute approximate surface area is 162 Å². The lowest BCUT2D eigenvalue weighted by Crippen LogP contribution is -2.43. The van der Waals surface area contributed by atoms with Crippen molar-refractivity contribution in [2.75, 3.05) is 40.8 Å². The monoisotopic (exact) mass is 367 g/mol. The van der Waals surface area contributed by atoms with Crippen molar-refractivity contribution in [3.8, 4) is 5.75 Å². The van der Waals surface area contributed by atoms with Gasteiger partial charge in [-0.2, -0.15) is 0 Å². The summed E-state index contributed by atoms with van der Waals surface area (Å²) in [5, 5.41) is 0. The van der Waals surface area contributed by atoms with Crippen LogP contribution in [0.15, 0.2) is 42.5 Å². The molecule has 0 spiro atoms. The van der Waals surface area contributed by atoms with Gasteiger partial charge in [0.15, 0.2) is 0 Å². The smallest absolute Gasteiger partial charge is 0.236 e. The van der Waals surface area contributed by atoms with E-state index in [9.17, 15) is 4.79 Å². The van der Waals surface area contributed by atoms with Crippen LogP contribution in [0.25, 0.3) is 0 Å². The van der Waals surface area contributed by atoms with Crippen LogP contribution in [0.3, 0.4) is 0 Å². The van der Waals surface area contributed by atoms with Crippen LogP contribution >= 0.6 is 0 Å². The van der Waals surface area contributed by atoms with Gasteiger partial charge in [-0.1, -0.05) is 18.2 Å². The Kier molecular flexibility index (Phi) is 6.45. The number of aromatic nitrogens is 1. The fourth-order valence-electron chi connectivity index (χ4n) is 3.63. The fourth-order valence-corrected chi connectivity index (χ4v) is 3.63. The van der Waals surface area contributed by atoms with Crippen molar-refractivity contribution in [2.45, 2.75) is 25.2 Å². The summed E-state index contributed by atoms with van der Waals surface area (Å²) in [5.41, 5.74) is 3.33. The van der Waals surface area contributed by atoms with Crippen molar-refractivity contribution in [3.63, 3.8) is 0 Å². The number of amides is 1. The van der Waals surface area contributed by atoms with Crippen LogP contribution in [0.1, 0.15) is 35.7 Å². The van der Waals surface area contributed by atoms with Crippen LogP contribution in [0.4, 0.5) is 0 Å². The zero-order valence-corrected chi connectivity index (χ0v) is 16.5. The minimum atomic E-state index is 0.206. The summed E-state index contributed by atoms with van der Waals surface area (Å²) in [7, 11) is 5.55. The zero-order chi connectivity index (χ0) is 19.2. The number of carbonyl (C=O) groups is 1. The largest absolute Gasteiger partial charge is 0.497 e. The molecule has 5 nitrogen and oxygen atoms in total. The molecule has 0 N–H and O–H groups in total. The van der Waals surface area contributed by atoms with Gasteiger partial charge in [-0.05, 0) is 56.8 Å². The van der Waals surface area contributed by atoms with Crippen molar-refractivity contribution < 1.29 is 9.53 Å². The van der Waals surface area contributed by atoms with Gasteiger partial charge in [0.1, 0.15) is 5.75 Å². The fraction of sp³-hybridized carbons (Fsp3) is 0.455. The van der Waals surface area contributed by atoms with Gasteiger partial charge in [0.05, 0.1) is 13.7 Å². The average Bonchev–Trinajstić information content (AvgIpc) is 2.68. The molecule has 2 heterocycles. The number of pyridine rings is 1. The highest BCUT2D eigenvalue weighted by Gasteiger charge is 2.25. The third kappa shape index (κ3) is 5.30. The molecule has 1 fully saturated rings. The van der Waals surface area contributed by atoms with E-state index in [4.69, 9.17) is 9.72 Å². The Balaban J connectivity index is 1.70. The molecule has 0 bridgehead atoms. The molecule has 1 aromatic carbocycles. The van der Waals surface area contributed by atoms with Crippen LogP contribution in [0.5, 0.6) is 5.75 Å². The van der Waals surface area contributed by atoms with E-state index in [1.165, 1.54) is 5.56 Å². The maximum Gasteiger partial charge on any atom is 0.236 e. The molecule has 5 heteroatoms. The second kappa shape index (κ2) is 9.00. The highest BCUT2D eigenvalue weighted by Crippen LogP contribution is 2.26. The topological polar surface area (TPSA) is 45.7 Å². The summed E-state index contributed by atoms with van der Waals surface area (Å²) >= 11 is 0. The summed E-state index contributed by atoms with van der Waals surface area (Å²) in [6.07, 6.45) is 2.90. The number of methoxy groups -OCH3 is 1. The van der Waals surface area contributed by atoms with Crippen molar-refractivity contribution >= 4 is 5.91 Å². The van der Waals surface area contributed by atoms with E-state index < -0.39 is 0 Å². The molecule has 1 saturated heterocycles. The number of benzene rings is 1. The number of carbonyl (C=O) groups excluding carboxylic acids is 1. The van der Waals surface area contributed by atoms with Crippen molar-refractivity contribution in [3.05, 3.63) is 59.4 Å². The normalized spacial score (nSPS) is 17.2. The van der Waals surface area contributed by atoms with Gasteiger partial charge in [0, 0.05) is 36.8 Å². The maximum absolute atomic E-state index is 12.4. The third-order valence-electron chi connectivity index (χ3n) is 4.99. The molecule has 144 valence electrons. The van der Waals surface area contributed by atoms with Crippen molar-refractivity contribution in [1.82, 2.24) is 14.8 Å². The van der Waals surface area contributed by atoms with E-state index in [2.05, 4.69) is 30.3 Å². The molecule has 27 heavy (non-hydrogen) atoms. The number of ether oxygens (including phenoxy) is 1. The Morgan fingerprint density at radius 3 is 2.85 bits per heavy atom. The number of likely N-dealkylation sites (N-methyl/N-ethyl adjacent to an activating group) is 1. The lowest BCUT2D eigenvalue weighted by atomic mass is 9.93. The van der Waals surface area contributed by atoms with E-state index in [1.54, 1.807) is 7.11 Å². The molecular weight excluding hydrogens is 338 g/mol. The number of piperidine rings is 1. The Hall–Kier alpha value is -2.40. The SMILES string of the molecule is COc1cccc(Cc2cccc([C@@H]3CCCN(C(=O)CN(C)C)C3)n2)c1. The minimum Gasteiger partial charge on any atom is -0.497 e. The summed E-state index contributed by atoms with van der Waals surface area (Å²) < 4.78 is 5.31. The molecule has 1 aliphatic rings. The second-order valence-electron chi connectivity index (χ2n) is 7.50. The lowest BCUT2D eigenvalue weighted by molar-refractivity contribution is -0.133. The van der Waals surface area contributed by atoms with Crippen LogP contribution in [-0.2, 0) is 11.2 Å². The van der Waals surface area contributed by atoms with Gasteiger partial charge in [0.25, 0.3) is 0 Å². The Bertz CT molecular complexity index is 776. The molecule has 1 aromatic heterocycles. The van der Waals surface area contributed by atoms with E-state index in [1.807, 2.05) is 36.0 Å². The van der Waals surface area contributed by atoms with E-state index in [-0.39, 0.29) is 5.91 Å². The molecular formula is C22H29N3O2. The first-order chi connectivity index (χ1) is 13.0. The number of hydrogen-bond donors (Lipinski definition) is 0. The van der Waals surface area contributed by atoms with Gasteiger partial charge in [-0.25, -0.2) is 0 Å². The van der Waals surface area contributed by atoms with Gasteiger partial charge in [0.2, 0.25) is 5.91 Å². The minimum absolute atomic E-state index is 0.206. The first-order valence-electron chi connectivity index (χ1n) is 9.56. The number of nitrogens with zero attached hydrogens (tertiary/aromatic N) is 3. The Morgan fingerprint density at radius 2 is 2.07 bits per heavy atom. The predicted molar refractivity (Wildman–Crippen MR) is 107 cm³/mol. The average molecular weight is 367 g/mol. The first kappa shape index (κ1) is 19.4. The number of rotatable bonds is 6. The maximum atomic E-state index is 12.4. The lowest BCUT2D eigenvalue weighted by Gasteiger charge is -2.33. The highest BCUT2D eigenvalue weighted by molar-refractivity contribution is 5.78. The van der Waals surface area contributed by atoms with Crippen molar-refractivity contribution in [2.24, 2.45) is 0 Å². The van der Waals surface area contributed by atoms with Crippen LogP contribution in [-0.4, -0.2) is 61.5 Å². The molecule has 1 amide bonds. The van der Waals surface area contributed by atoms with Gasteiger partial charge in [-0.3, -0.25) is 9.78 Å². The Morgan fingerprint density at radius 1 is 1.26 bits per heavy atom. The summed E-state index contributed by atoms with van der Waals surface area (Å²) in [6, 6.07) is 14.4. The van der Waals surface area contributed by atoms with Gasteiger partial charge < -0.3 is 14.5 Å². The van der Waals surface area contributed by atoms with Crippen LogP contribution in [0.2, 0.25) is 0 Å². The third-order valence-corrected chi connectivity index (χ3v) is 4.99. The van der Waals surface area contributed by atoms with Crippen molar-refractivity contribution in [1.29, 1.82) is 0 Å². The zero-order valence-electron chi connectivity index (χ0n) is 16.5. The first-order valence-corrected chi connectivity index (χ1v) is 9.56. The summed E-state index contributed by atoms with van der Waals surface area (Å²) in [6.45, 7) is 2.09. The molecule has 0 saturated carbocycles. The standard InChI is InChI=1S/C22H29N3O2/c1-24(2)16-22(26)25-12-6-8-18(15-25)21-11-5-9-19(23-21)13-17-7-4-10-20(14-17)27-3/h4-5,7,9-11,14,18H,6,8,12-13,15-16H2,1-3H3/t18-/m1/s1. The second-order valence-corrected chi connectivity index (χ2v) is 7.50. The molecule has 0 radical (unpaired) electrons. The number of hydrogen-bond acceptors (Lipinski definition) is 4. The molecule has 3 rings (SSSR count). The van der Waals surface area contributed by atoms with Crippen LogP contribution < -0.4 is 4.74 Å². The number of likely N-dealkylation sites (tertiary alicyclic amines) is 1. The summed E-state index contributed by atoms with van der Waals surface area (Å²) in [5.74, 6) is 1.39. The molecule has 1 aliphatic heterocycles.